The molecule has 0 saturated carbocycles. The number of dihydropyridines is 1. The van der Waals surface area contributed by atoms with Crippen molar-refractivity contribution in [3.63, 3.8) is 0 Å². The summed E-state index contributed by atoms with van der Waals surface area (Å²) in [6, 6.07) is 2.79. The molecular formula is C12H9ClF3N3O2. The van der Waals surface area contributed by atoms with Crippen LogP contribution in [-0.4, -0.2) is 28.0 Å². The van der Waals surface area contributed by atoms with Crippen molar-refractivity contribution in [1.29, 1.82) is 0 Å². The minimum atomic E-state index is -3.46. The van der Waals surface area contributed by atoms with Gasteiger partial charge in [-0.3, -0.25) is 4.98 Å². The minimum absolute atomic E-state index is 0.0633. The van der Waals surface area contributed by atoms with E-state index in [1.165, 1.54) is 24.5 Å². The van der Waals surface area contributed by atoms with E-state index in [9.17, 15) is 18.0 Å². The summed E-state index contributed by atoms with van der Waals surface area (Å²) in [5.41, 5.74) is 1.06. The second kappa shape index (κ2) is 5.28. The second-order valence-corrected chi connectivity index (χ2v) is 4.58. The average Bonchev–Trinajstić information content (AvgIpc) is 2.45. The van der Waals surface area contributed by atoms with Gasteiger partial charge in [0.2, 0.25) is 5.54 Å². The number of hydrogen-bond acceptors (Lipinski definition) is 4. The summed E-state index contributed by atoms with van der Waals surface area (Å²) in [6.45, 7) is 0. The fourth-order valence-corrected chi connectivity index (χ4v) is 2.14. The van der Waals surface area contributed by atoms with E-state index < -0.39 is 40.2 Å². The van der Waals surface area contributed by atoms with E-state index in [-0.39, 0.29) is 5.56 Å². The Morgan fingerprint density at radius 2 is 2.19 bits per heavy atom. The molecule has 112 valence electrons. The molecule has 0 bridgehead atoms. The molecule has 0 aromatic carbocycles. The van der Waals surface area contributed by atoms with Crippen LogP contribution in [0.15, 0.2) is 41.1 Å². The van der Waals surface area contributed by atoms with Gasteiger partial charge in [0, 0.05) is 18.0 Å². The van der Waals surface area contributed by atoms with E-state index >= 15 is 0 Å². The number of rotatable bonds is 3. The Labute approximate surface area is 121 Å². The summed E-state index contributed by atoms with van der Waals surface area (Å²) in [6.07, 6.45) is -0.901. The van der Waals surface area contributed by atoms with Crippen molar-refractivity contribution in [1.82, 2.24) is 10.3 Å². The predicted molar refractivity (Wildman–Crippen MR) is 68.8 cm³/mol. The van der Waals surface area contributed by atoms with Gasteiger partial charge in [-0.05, 0) is 12.1 Å². The summed E-state index contributed by atoms with van der Waals surface area (Å²) in [4.78, 5) is 15.0. The topological polar surface area (TPSA) is 88.2 Å². The molecule has 4 N–H and O–H groups in total. The molecule has 2 rings (SSSR count). The molecule has 1 aliphatic heterocycles. The number of aliphatic carboxylic acids is 1. The van der Waals surface area contributed by atoms with Crippen LogP contribution in [0.4, 0.5) is 13.2 Å². The highest BCUT2D eigenvalue weighted by molar-refractivity contribution is 6.34. The molecule has 0 aliphatic carbocycles. The zero-order valence-corrected chi connectivity index (χ0v) is 11.0. The maximum atomic E-state index is 14.1. The first-order chi connectivity index (χ1) is 9.82. The molecule has 1 atom stereocenters. The van der Waals surface area contributed by atoms with Crippen LogP contribution in [0.3, 0.4) is 0 Å². The molecule has 21 heavy (non-hydrogen) atoms. The number of carboxylic acids is 1. The van der Waals surface area contributed by atoms with Crippen LogP contribution in [0.2, 0.25) is 0 Å². The lowest BCUT2D eigenvalue weighted by Crippen LogP contribution is -2.59. The van der Waals surface area contributed by atoms with Crippen molar-refractivity contribution in [2.45, 2.75) is 12.0 Å². The van der Waals surface area contributed by atoms with Crippen molar-refractivity contribution in [3.8, 4) is 0 Å². The Morgan fingerprint density at radius 1 is 1.52 bits per heavy atom. The van der Waals surface area contributed by atoms with Gasteiger partial charge in [0.25, 0.3) is 6.43 Å². The zero-order valence-electron chi connectivity index (χ0n) is 10.3. The van der Waals surface area contributed by atoms with Crippen molar-refractivity contribution < 1.29 is 23.1 Å². The van der Waals surface area contributed by atoms with Crippen LogP contribution >= 0.6 is 11.6 Å². The quantitative estimate of drug-likeness (QED) is 0.791. The van der Waals surface area contributed by atoms with Crippen LogP contribution in [-0.2, 0) is 4.79 Å². The van der Waals surface area contributed by atoms with Gasteiger partial charge in [0.15, 0.2) is 5.83 Å². The first-order valence-electron chi connectivity index (χ1n) is 5.58. The highest BCUT2D eigenvalue weighted by atomic mass is 35.5. The van der Waals surface area contributed by atoms with Crippen molar-refractivity contribution in [3.05, 3.63) is 46.6 Å². The fourth-order valence-electron chi connectivity index (χ4n) is 1.85. The Hall–Kier alpha value is -2.22. The fraction of sp³-hybridized carbons (Fsp3) is 0.167. The number of hydrogen-bond donors (Lipinski definition) is 3. The summed E-state index contributed by atoms with van der Waals surface area (Å²) < 4.78 is 40.7. The monoisotopic (exact) mass is 319 g/mol. The van der Waals surface area contributed by atoms with Gasteiger partial charge >= 0.3 is 5.97 Å². The van der Waals surface area contributed by atoms with E-state index in [1.54, 1.807) is 0 Å². The lowest BCUT2D eigenvalue weighted by Gasteiger charge is -2.35. The van der Waals surface area contributed by atoms with Crippen molar-refractivity contribution >= 4 is 23.3 Å². The van der Waals surface area contributed by atoms with E-state index in [1.807, 2.05) is 5.32 Å². The van der Waals surface area contributed by atoms with Gasteiger partial charge in [-0.15, -0.1) is 0 Å². The molecular weight excluding hydrogens is 311 g/mol. The standard InChI is InChI=1S/C12H9ClF3N3O2/c13-9-7(17)6(14)8(5-2-1-3-18-4-5)19-12(9,10(15)16)11(20)21/h1-4,10,19H,17H2,(H,20,21). The Balaban J connectivity index is 2.67. The number of carboxylic acid groups (broad SMARTS) is 1. The molecule has 1 aliphatic rings. The normalized spacial score (nSPS) is 22.5. The number of halogens is 4. The molecule has 0 saturated heterocycles. The summed E-state index contributed by atoms with van der Waals surface area (Å²) in [5, 5.41) is 10.1. The van der Waals surface area contributed by atoms with Gasteiger partial charge in [-0.2, -0.15) is 0 Å². The number of pyridine rings is 1. The van der Waals surface area contributed by atoms with Gasteiger partial charge < -0.3 is 16.2 Å². The van der Waals surface area contributed by atoms with Crippen LogP contribution in [0.25, 0.3) is 5.70 Å². The molecule has 0 radical (unpaired) electrons. The second-order valence-electron chi connectivity index (χ2n) is 4.20. The number of nitrogens with two attached hydrogens (primary N) is 1. The lowest BCUT2D eigenvalue weighted by atomic mass is 9.92. The Kier molecular flexibility index (Phi) is 3.82. The molecule has 1 aromatic heterocycles. The predicted octanol–water partition coefficient (Wildman–Crippen LogP) is 1.82. The molecule has 0 amide bonds. The largest absolute Gasteiger partial charge is 0.479 e. The molecule has 2 heterocycles. The van der Waals surface area contributed by atoms with E-state index in [0.29, 0.717) is 0 Å². The van der Waals surface area contributed by atoms with Crippen molar-refractivity contribution in [2.75, 3.05) is 0 Å². The summed E-state index contributed by atoms with van der Waals surface area (Å²) >= 11 is 5.57. The smallest absolute Gasteiger partial charge is 0.341 e. The van der Waals surface area contributed by atoms with Gasteiger partial charge in [-0.1, -0.05) is 11.6 Å². The van der Waals surface area contributed by atoms with Gasteiger partial charge in [-0.25, -0.2) is 18.0 Å². The third-order valence-corrected chi connectivity index (χ3v) is 3.48. The number of nitrogens with zero attached hydrogens (tertiary/aromatic N) is 1. The Morgan fingerprint density at radius 3 is 2.67 bits per heavy atom. The zero-order chi connectivity index (χ0) is 15.8. The number of aromatic nitrogens is 1. The minimum Gasteiger partial charge on any atom is -0.479 e. The van der Waals surface area contributed by atoms with Crippen LogP contribution < -0.4 is 11.1 Å². The Bertz CT molecular complexity index is 648. The molecule has 5 nitrogen and oxygen atoms in total. The number of carbonyl (C=O) groups is 1. The lowest BCUT2D eigenvalue weighted by molar-refractivity contribution is -0.148. The molecule has 0 fully saturated rings. The van der Waals surface area contributed by atoms with Crippen LogP contribution in [0.5, 0.6) is 0 Å². The highest BCUT2D eigenvalue weighted by Gasteiger charge is 2.55. The number of nitrogens with one attached hydrogen (secondary N) is 1. The SMILES string of the molecule is NC1=C(Cl)C(C(=O)O)(C(F)F)NC(c2cccnc2)=C1F. The number of allylic oxidation sites excluding steroid dienone is 1. The van der Waals surface area contributed by atoms with Gasteiger partial charge in [0.05, 0.1) is 16.4 Å². The molecule has 1 unspecified atom stereocenters. The van der Waals surface area contributed by atoms with E-state index in [0.717, 1.165) is 0 Å². The third-order valence-electron chi connectivity index (χ3n) is 2.98. The maximum Gasteiger partial charge on any atom is 0.341 e. The molecule has 0 spiro atoms. The van der Waals surface area contributed by atoms with E-state index in [4.69, 9.17) is 22.4 Å². The first-order valence-corrected chi connectivity index (χ1v) is 5.96. The maximum absolute atomic E-state index is 14.1. The third kappa shape index (κ3) is 2.21. The molecule has 1 aromatic rings. The van der Waals surface area contributed by atoms with E-state index in [2.05, 4.69) is 4.98 Å². The molecule has 9 heteroatoms. The van der Waals surface area contributed by atoms with Crippen molar-refractivity contribution in [2.24, 2.45) is 5.73 Å². The first kappa shape index (κ1) is 15.2. The summed E-state index contributed by atoms with van der Waals surface area (Å²) in [5.74, 6) is -3.09. The van der Waals surface area contributed by atoms with Crippen LogP contribution in [0, 0.1) is 0 Å². The highest BCUT2D eigenvalue weighted by Crippen LogP contribution is 2.39. The van der Waals surface area contributed by atoms with Crippen LogP contribution in [0.1, 0.15) is 5.56 Å². The summed E-state index contributed by atoms with van der Waals surface area (Å²) in [7, 11) is 0. The average molecular weight is 320 g/mol. The number of alkyl halides is 2. The van der Waals surface area contributed by atoms with Gasteiger partial charge in [0.1, 0.15) is 0 Å².